The minimum Gasteiger partial charge on any atom is -0.497 e. The molecule has 3 nitrogen and oxygen atoms in total. The Kier molecular flexibility index (Phi) is 6.71. The first kappa shape index (κ1) is 15.8. The van der Waals surface area contributed by atoms with Crippen LogP contribution in [0.4, 0.5) is 0 Å². The van der Waals surface area contributed by atoms with E-state index < -0.39 is 0 Å². The Morgan fingerprint density at radius 1 is 1.05 bits per heavy atom. The Morgan fingerprint density at radius 2 is 1.74 bits per heavy atom. The zero-order valence-electron chi connectivity index (χ0n) is 12.8. The van der Waals surface area contributed by atoms with E-state index in [0.29, 0.717) is 11.8 Å². The smallest absolute Gasteiger partial charge is 0.123 e. The Hall–Kier alpha value is -1.22. The maximum absolute atomic E-state index is 6.06. The van der Waals surface area contributed by atoms with E-state index in [1.807, 2.05) is 24.3 Å². The van der Waals surface area contributed by atoms with Gasteiger partial charge in [0.2, 0.25) is 0 Å². The molecule has 1 N–H and O–H groups in total. The molecule has 0 fully saturated rings. The zero-order chi connectivity index (χ0) is 14.3. The van der Waals surface area contributed by atoms with Crippen LogP contribution < -0.4 is 14.8 Å². The molecular weight excluding hydrogens is 238 g/mol. The average Bonchev–Trinajstić information content (AvgIpc) is 2.37. The number of methoxy groups -OCH3 is 1. The van der Waals surface area contributed by atoms with Crippen LogP contribution in [0.5, 0.6) is 11.5 Å². The van der Waals surface area contributed by atoms with E-state index >= 15 is 0 Å². The summed E-state index contributed by atoms with van der Waals surface area (Å²) in [5.74, 6) is 2.81. The van der Waals surface area contributed by atoms with Gasteiger partial charge in [0.05, 0.1) is 7.11 Å². The van der Waals surface area contributed by atoms with Crippen molar-refractivity contribution in [2.24, 2.45) is 11.8 Å². The van der Waals surface area contributed by atoms with E-state index in [2.05, 4.69) is 33.0 Å². The summed E-state index contributed by atoms with van der Waals surface area (Å²) < 4.78 is 11.3. The quantitative estimate of drug-likeness (QED) is 0.782. The molecule has 0 spiro atoms. The number of ether oxygens (including phenoxy) is 2. The molecule has 1 unspecified atom stereocenters. The van der Waals surface area contributed by atoms with E-state index in [4.69, 9.17) is 9.47 Å². The number of nitrogens with one attached hydrogen (secondary N) is 1. The molecule has 1 rings (SSSR count). The number of hydrogen-bond acceptors (Lipinski definition) is 3. The monoisotopic (exact) mass is 265 g/mol. The summed E-state index contributed by atoms with van der Waals surface area (Å²) >= 11 is 0. The van der Waals surface area contributed by atoms with Crippen LogP contribution in [0.3, 0.4) is 0 Å². The van der Waals surface area contributed by atoms with Crippen LogP contribution >= 0.6 is 0 Å². The lowest BCUT2D eigenvalue weighted by molar-refractivity contribution is 0.147. The van der Waals surface area contributed by atoms with Crippen molar-refractivity contribution in [1.29, 1.82) is 0 Å². The van der Waals surface area contributed by atoms with E-state index in [9.17, 15) is 0 Å². The largest absolute Gasteiger partial charge is 0.497 e. The first-order chi connectivity index (χ1) is 9.02. The molecule has 0 saturated heterocycles. The summed E-state index contributed by atoms with van der Waals surface area (Å²) in [6.07, 6.45) is 0.172. The van der Waals surface area contributed by atoms with Crippen LogP contribution in [0.1, 0.15) is 27.7 Å². The van der Waals surface area contributed by atoms with Gasteiger partial charge in [0, 0.05) is 12.6 Å². The molecular formula is C16H27NO2. The summed E-state index contributed by atoms with van der Waals surface area (Å²) in [4.78, 5) is 0. The molecule has 0 aromatic heterocycles. The summed E-state index contributed by atoms with van der Waals surface area (Å²) in [6.45, 7) is 10.7. The summed E-state index contributed by atoms with van der Waals surface area (Å²) in [7, 11) is 1.67. The Balaban J connectivity index is 2.56. The molecule has 19 heavy (non-hydrogen) atoms. The zero-order valence-corrected chi connectivity index (χ0v) is 12.8. The fourth-order valence-corrected chi connectivity index (χ4v) is 1.78. The Morgan fingerprint density at radius 3 is 2.32 bits per heavy atom. The van der Waals surface area contributed by atoms with Gasteiger partial charge in [-0.3, -0.25) is 0 Å². The number of hydrogen-bond donors (Lipinski definition) is 1. The van der Waals surface area contributed by atoms with E-state index in [-0.39, 0.29) is 6.10 Å². The third-order valence-corrected chi connectivity index (χ3v) is 2.97. The van der Waals surface area contributed by atoms with Crippen molar-refractivity contribution >= 4 is 0 Å². The first-order valence-corrected chi connectivity index (χ1v) is 7.04. The molecule has 3 heteroatoms. The average molecular weight is 265 g/mol. The predicted molar refractivity (Wildman–Crippen MR) is 80.0 cm³/mol. The van der Waals surface area contributed by atoms with Gasteiger partial charge >= 0.3 is 0 Å². The lowest BCUT2D eigenvalue weighted by Gasteiger charge is -2.23. The molecule has 0 heterocycles. The molecule has 0 aliphatic carbocycles. The lowest BCUT2D eigenvalue weighted by Crippen LogP contribution is -2.36. The van der Waals surface area contributed by atoms with Crippen LogP contribution in [-0.2, 0) is 0 Å². The highest BCUT2D eigenvalue weighted by Gasteiger charge is 2.15. The lowest BCUT2D eigenvalue weighted by atomic mass is 10.1. The predicted octanol–water partition coefficient (Wildman–Crippen LogP) is 3.34. The Labute approximate surface area is 117 Å². The van der Waals surface area contributed by atoms with E-state index in [1.54, 1.807) is 7.11 Å². The molecule has 1 atom stereocenters. The SMILES string of the molecule is COc1cccc(OC(CNCC(C)C)C(C)C)c1. The van der Waals surface area contributed by atoms with Crippen LogP contribution in [0.2, 0.25) is 0 Å². The highest BCUT2D eigenvalue weighted by Crippen LogP contribution is 2.21. The third kappa shape index (κ3) is 5.97. The van der Waals surface area contributed by atoms with Crippen LogP contribution in [0.15, 0.2) is 24.3 Å². The van der Waals surface area contributed by atoms with Gasteiger partial charge in [-0.15, -0.1) is 0 Å². The van der Waals surface area contributed by atoms with Crippen molar-refractivity contribution in [3.8, 4) is 11.5 Å². The molecule has 0 amide bonds. The molecule has 108 valence electrons. The van der Waals surface area contributed by atoms with Crippen molar-refractivity contribution < 1.29 is 9.47 Å². The van der Waals surface area contributed by atoms with E-state index in [1.165, 1.54) is 0 Å². The second kappa shape index (κ2) is 8.05. The maximum atomic E-state index is 6.06. The van der Waals surface area contributed by atoms with Crippen molar-refractivity contribution in [3.05, 3.63) is 24.3 Å². The normalized spacial score (nSPS) is 12.8. The van der Waals surface area contributed by atoms with Crippen molar-refractivity contribution in [1.82, 2.24) is 5.32 Å². The number of benzene rings is 1. The minimum absolute atomic E-state index is 0.172. The minimum atomic E-state index is 0.172. The number of rotatable bonds is 8. The van der Waals surface area contributed by atoms with Crippen LogP contribution in [0.25, 0.3) is 0 Å². The van der Waals surface area contributed by atoms with Gasteiger partial charge < -0.3 is 14.8 Å². The molecule has 0 aliphatic rings. The summed E-state index contributed by atoms with van der Waals surface area (Å²) in [5, 5.41) is 3.46. The fourth-order valence-electron chi connectivity index (χ4n) is 1.78. The molecule has 1 aromatic rings. The van der Waals surface area contributed by atoms with Gasteiger partial charge in [0.25, 0.3) is 0 Å². The third-order valence-electron chi connectivity index (χ3n) is 2.97. The molecule has 0 bridgehead atoms. The highest BCUT2D eigenvalue weighted by molar-refractivity contribution is 5.33. The second-order valence-electron chi connectivity index (χ2n) is 5.63. The van der Waals surface area contributed by atoms with Gasteiger partial charge in [-0.25, -0.2) is 0 Å². The first-order valence-electron chi connectivity index (χ1n) is 7.04. The summed E-state index contributed by atoms with van der Waals surface area (Å²) in [5.41, 5.74) is 0. The van der Waals surface area contributed by atoms with Crippen molar-refractivity contribution in [2.75, 3.05) is 20.2 Å². The topological polar surface area (TPSA) is 30.5 Å². The maximum Gasteiger partial charge on any atom is 0.123 e. The molecule has 0 aliphatic heterocycles. The van der Waals surface area contributed by atoms with Gasteiger partial charge in [0.15, 0.2) is 0 Å². The molecule has 0 radical (unpaired) electrons. The Bertz CT molecular complexity index is 364. The van der Waals surface area contributed by atoms with Crippen LogP contribution in [-0.4, -0.2) is 26.3 Å². The van der Waals surface area contributed by atoms with E-state index in [0.717, 1.165) is 24.6 Å². The van der Waals surface area contributed by atoms with Gasteiger partial charge in [-0.1, -0.05) is 33.8 Å². The highest BCUT2D eigenvalue weighted by atomic mass is 16.5. The summed E-state index contributed by atoms with van der Waals surface area (Å²) in [6, 6.07) is 7.78. The fraction of sp³-hybridized carbons (Fsp3) is 0.625. The van der Waals surface area contributed by atoms with Gasteiger partial charge in [0.1, 0.15) is 17.6 Å². The van der Waals surface area contributed by atoms with Crippen LogP contribution in [0, 0.1) is 11.8 Å². The van der Waals surface area contributed by atoms with Gasteiger partial charge in [-0.2, -0.15) is 0 Å². The van der Waals surface area contributed by atoms with Crippen molar-refractivity contribution in [2.45, 2.75) is 33.8 Å². The molecule has 1 aromatic carbocycles. The molecule has 0 saturated carbocycles. The second-order valence-corrected chi connectivity index (χ2v) is 5.63. The van der Waals surface area contributed by atoms with Gasteiger partial charge in [-0.05, 0) is 30.5 Å². The van der Waals surface area contributed by atoms with Crippen molar-refractivity contribution in [3.63, 3.8) is 0 Å². The standard InChI is InChI=1S/C16H27NO2/c1-12(2)10-17-11-16(13(3)4)19-15-8-6-7-14(9-15)18-5/h6-9,12-13,16-17H,10-11H2,1-5H3.